The van der Waals surface area contributed by atoms with Gasteiger partial charge in [-0.1, -0.05) is 0 Å². The molecule has 0 unspecified atom stereocenters. The van der Waals surface area contributed by atoms with Crippen molar-refractivity contribution in [3.63, 3.8) is 0 Å². The Labute approximate surface area is 156 Å². The summed E-state index contributed by atoms with van der Waals surface area (Å²) in [5.74, 6) is 1.72. The molecule has 3 aromatic rings. The number of fused-ring (bicyclic) bond motifs is 1. The summed E-state index contributed by atoms with van der Waals surface area (Å²) in [5.41, 5.74) is 2.24. The topological polar surface area (TPSA) is 85.4 Å². The third kappa shape index (κ3) is 4.14. The van der Waals surface area contributed by atoms with Crippen LogP contribution in [0.2, 0.25) is 0 Å². The molecule has 2 N–H and O–H groups in total. The zero-order valence-electron chi connectivity index (χ0n) is 14.5. The van der Waals surface area contributed by atoms with Crippen LogP contribution in [0.3, 0.4) is 0 Å². The number of rotatable bonds is 5. The Morgan fingerprint density at radius 3 is 2.63 bits per heavy atom. The van der Waals surface area contributed by atoms with E-state index in [4.69, 9.17) is 9.47 Å². The molecule has 4 rings (SSSR count). The summed E-state index contributed by atoms with van der Waals surface area (Å²) in [6.45, 7) is 1.63. The van der Waals surface area contributed by atoms with Gasteiger partial charge in [-0.15, -0.1) is 0 Å². The van der Waals surface area contributed by atoms with Crippen molar-refractivity contribution in [2.75, 3.05) is 23.8 Å². The fraction of sp³-hybridized carbons (Fsp3) is 0.150. The summed E-state index contributed by atoms with van der Waals surface area (Å²) in [7, 11) is 0. The monoisotopic (exact) mass is 362 g/mol. The molecule has 2 aromatic heterocycles. The number of ether oxygens (including phenoxy) is 2. The van der Waals surface area contributed by atoms with E-state index < -0.39 is 0 Å². The summed E-state index contributed by atoms with van der Waals surface area (Å²) < 4.78 is 11.0. The lowest BCUT2D eigenvalue weighted by molar-refractivity contribution is 0.102. The number of benzene rings is 1. The lowest BCUT2D eigenvalue weighted by atomic mass is 10.2. The van der Waals surface area contributed by atoms with Gasteiger partial charge >= 0.3 is 0 Å². The first-order chi connectivity index (χ1) is 13.3. The molecule has 3 heterocycles. The molecule has 136 valence electrons. The van der Waals surface area contributed by atoms with Gasteiger partial charge in [-0.25, -0.2) is 4.98 Å². The number of nitrogens with one attached hydrogen (secondary N) is 2. The van der Waals surface area contributed by atoms with Crippen LogP contribution >= 0.6 is 0 Å². The van der Waals surface area contributed by atoms with E-state index in [1.807, 2.05) is 12.1 Å². The molecule has 1 aliphatic heterocycles. The molecule has 0 bridgehead atoms. The van der Waals surface area contributed by atoms with Crippen LogP contribution in [-0.2, 0) is 6.54 Å². The van der Waals surface area contributed by atoms with Crippen LogP contribution in [0.25, 0.3) is 0 Å². The van der Waals surface area contributed by atoms with Crippen molar-refractivity contribution in [3.8, 4) is 11.5 Å². The summed E-state index contributed by atoms with van der Waals surface area (Å²) in [4.78, 5) is 20.8. The third-order valence-electron chi connectivity index (χ3n) is 4.05. The van der Waals surface area contributed by atoms with Gasteiger partial charge in [0.15, 0.2) is 11.5 Å². The average molecular weight is 362 g/mol. The highest BCUT2D eigenvalue weighted by Gasteiger charge is 2.13. The fourth-order valence-electron chi connectivity index (χ4n) is 2.69. The van der Waals surface area contributed by atoms with Gasteiger partial charge in [-0.2, -0.15) is 0 Å². The van der Waals surface area contributed by atoms with Gasteiger partial charge in [-0.05, 0) is 42.0 Å². The van der Waals surface area contributed by atoms with Gasteiger partial charge in [-0.3, -0.25) is 9.78 Å². The quantitative estimate of drug-likeness (QED) is 0.725. The van der Waals surface area contributed by atoms with Crippen molar-refractivity contribution in [2.45, 2.75) is 6.54 Å². The molecule has 7 nitrogen and oxygen atoms in total. The Morgan fingerprint density at radius 2 is 1.78 bits per heavy atom. The van der Waals surface area contributed by atoms with Crippen LogP contribution in [0.4, 0.5) is 11.5 Å². The van der Waals surface area contributed by atoms with E-state index in [0.717, 1.165) is 5.56 Å². The number of pyridine rings is 2. The molecule has 0 radical (unpaired) electrons. The molecule has 0 saturated heterocycles. The van der Waals surface area contributed by atoms with E-state index in [2.05, 4.69) is 20.6 Å². The molecule has 7 heteroatoms. The number of carbonyl (C=O) groups excluding carboxylic acids is 1. The smallest absolute Gasteiger partial charge is 0.255 e. The van der Waals surface area contributed by atoms with Gasteiger partial charge in [0.05, 0.1) is 0 Å². The standard InChI is InChI=1S/C20H18N4O3/c25-20(24-16-1-2-17-18(12-16)27-10-9-26-17)15-5-8-22-19(11-15)23-13-14-3-6-21-7-4-14/h1-8,11-12H,9-10,13H2,(H,22,23)(H,24,25). The minimum absolute atomic E-state index is 0.221. The first kappa shape index (κ1) is 16.8. The zero-order valence-corrected chi connectivity index (χ0v) is 14.5. The van der Waals surface area contributed by atoms with Crippen LogP contribution in [0, 0.1) is 0 Å². The second-order valence-electron chi connectivity index (χ2n) is 5.95. The average Bonchev–Trinajstić information content (AvgIpc) is 2.73. The Bertz CT molecular complexity index is 947. The number of nitrogens with zero attached hydrogens (tertiary/aromatic N) is 2. The molecule has 0 fully saturated rings. The van der Waals surface area contributed by atoms with E-state index in [9.17, 15) is 4.79 Å². The molecule has 1 amide bonds. The van der Waals surface area contributed by atoms with Crippen LogP contribution in [0.5, 0.6) is 11.5 Å². The van der Waals surface area contributed by atoms with E-state index in [-0.39, 0.29) is 5.91 Å². The molecule has 27 heavy (non-hydrogen) atoms. The van der Waals surface area contributed by atoms with Gasteiger partial charge < -0.3 is 20.1 Å². The maximum Gasteiger partial charge on any atom is 0.255 e. The first-order valence-electron chi connectivity index (χ1n) is 8.58. The molecule has 0 aliphatic carbocycles. The first-order valence-corrected chi connectivity index (χ1v) is 8.58. The van der Waals surface area contributed by atoms with E-state index in [0.29, 0.717) is 48.3 Å². The molecule has 0 saturated carbocycles. The van der Waals surface area contributed by atoms with Gasteiger partial charge in [0.25, 0.3) is 5.91 Å². The normalized spacial score (nSPS) is 12.3. The molecule has 1 aromatic carbocycles. The Balaban J connectivity index is 1.43. The SMILES string of the molecule is O=C(Nc1ccc2c(c1)OCCO2)c1ccnc(NCc2ccncc2)c1. The van der Waals surface area contributed by atoms with Crippen LogP contribution in [-0.4, -0.2) is 29.1 Å². The Hall–Kier alpha value is -3.61. The largest absolute Gasteiger partial charge is 0.486 e. The number of hydrogen-bond acceptors (Lipinski definition) is 6. The minimum Gasteiger partial charge on any atom is -0.486 e. The molecule has 0 spiro atoms. The highest BCUT2D eigenvalue weighted by Crippen LogP contribution is 2.32. The van der Waals surface area contributed by atoms with Crippen molar-refractivity contribution in [3.05, 3.63) is 72.2 Å². The van der Waals surface area contributed by atoms with Crippen LogP contribution in [0.1, 0.15) is 15.9 Å². The van der Waals surface area contributed by atoms with E-state index >= 15 is 0 Å². The molecular weight excluding hydrogens is 344 g/mol. The van der Waals surface area contributed by atoms with Crippen molar-refractivity contribution in [2.24, 2.45) is 0 Å². The Morgan fingerprint density at radius 1 is 0.963 bits per heavy atom. The lowest BCUT2D eigenvalue weighted by Crippen LogP contribution is -2.16. The van der Waals surface area contributed by atoms with Crippen molar-refractivity contribution in [1.29, 1.82) is 0 Å². The van der Waals surface area contributed by atoms with E-state index in [1.165, 1.54) is 0 Å². The number of amides is 1. The summed E-state index contributed by atoms with van der Waals surface area (Å²) in [5, 5.41) is 6.08. The highest BCUT2D eigenvalue weighted by molar-refractivity contribution is 6.04. The van der Waals surface area contributed by atoms with Gasteiger partial charge in [0.2, 0.25) is 0 Å². The van der Waals surface area contributed by atoms with Crippen molar-refractivity contribution in [1.82, 2.24) is 9.97 Å². The highest BCUT2D eigenvalue weighted by atomic mass is 16.6. The second-order valence-corrected chi connectivity index (χ2v) is 5.95. The predicted octanol–water partition coefficient (Wildman–Crippen LogP) is 3.11. The zero-order chi connectivity index (χ0) is 18.5. The summed E-state index contributed by atoms with van der Waals surface area (Å²) in [6.07, 6.45) is 5.08. The number of aromatic nitrogens is 2. The maximum atomic E-state index is 12.6. The third-order valence-corrected chi connectivity index (χ3v) is 4.05. The van der Waals surface area contributed by atoms with E-state index in [1.54, 1.807) is 48.9 Å². The number of anilines is 2. The van der Waals surface area contributed by atoms with Gasteiger partial charge in [0, 0.05) is 42.5 Å². The molecular formula is C20H18N4O3. The predicted molar refractivity (Wildman–Crippen MR) is 101 cm³/mol. The number of carbonyl (C=O) groups is 1. The maximum absolute atomic E-state index is 12.6. The van der Waals surface area contributed by atoms with Gasteiger partial charge in [0.1, 0.15) is 19.0 Å². The van der Waals surface area contributed by atoms with Crippen LogP contribution in [0.15, 0.2) is 61.1 Å². The van der Waals surface area contributed by atoms with Crippen molar-refractivity contribution >= 4 is 17.4 Å². The lowest BCUT2D eigenvalue weighted by Gasteiger charge is -2.19. The minimum atomic E-state index is -0.221. The summed E-state index contributed by atoms with van der Waals surface area (Å²) in [6, 6.07) is 12.6. The Kier molecular flexibility index (Phi) is 4.82. The van der Waals surface area contributed by atoms with Crippen molar-refractivity contribution < 1.29 is 14.3 Å². The molecule has 1 aliphatic rings. The number of hydrogen-bond donors (Lipinski definition) is 2. The van der Waals surface area contributed by atoms with Crippen LogP contribution < -0.4 is 20.1 Å². The fourth-order valence-corrected chi connectivity index (χ4v) is 2.69. The molecule has 0 atom stereocenters. The second kappa shape index (κ2) is 7.74. The summed E-state index contributed by atoms with van der Waals surface area (Å²) >= 11 is 0.